The van der Waals surface area contributed by atoms with Gasteiger partial charge in [-0.1, -0.05) is 17.7 Å². The van der Waals surface area contributed by atoms with E-state index in [2.05, 4.69) is 5.32 Å². The van der Waals surface area contributed by atoms with Crippen LogP contribution in [-0.4, -0.2) is 25.0 Å². The third-order valence-electron chi connectivity index (χ3n) is 3.94. The summed E-state index contributed by atoms with van der Waals surface area (Å²) in [5, 5.41) is 3.38. The minimum Gasteiger partial charge on any atom is -0.492 e. The monoisotopic (exact) mass is 410 g/mol. The van der Waals surface area contributed by atoms with Crippen LogP contribution in [0.25, 0.3) is 0 Å². The van der Waals surface area contributed by atoms with Gasteiger partial charge in [0.2, 0.25) is 5.91 Å². The molecule has 0 bridgehead atoms. The predicted octanol–water partition coefficient (Wildman–Crippen LogP) is 4.04. The summed E-state index contributed by atoms with van der Waals surface area (Å²) < 4.78 is 11.2. The Bertz CT molecular complexity index is 988. The molecule has 0 aliphatic heterocycles. The minimum atomic E-state index is -0.495. The summed E-state index contributed by atoms with van der Waals surface area (Å²) in [7, 11) is 0. The molecular formula is C22H19ClN2O4. The van der Waals surface area contributed by atoms with Crippen molar-refractivity contribution in [3.8, 4) is 17.2 Å². The fourth-order valence-electron chi connectivity index (χ4n) is 2.49. The lowest BCUT2D eigenvalue weighted by Crippen LogP contribution is -2.28. The van der Waals surface area contributed by atoms with Crippen molar-refractivity contribution >= 4 is 23.4 Å². The molecule has 0 saturated carbocycles. The van der Waals surface area contributed by atoms with Crippen LogP contribution in [0.5, 0.6) is 17.2 Å². The van der Waals surface area contributed by atoms with E-state index in [9.17, 15) is 9.59 Å². The van der Waals surface area contributed by atoms with Crippen LogP contribution < -0.4 is 20.5 Å². The Labute approximate surface area is 173 Å². The number of nitrogens with one attached hydrogen (secondary N) is 1. The van der Waals surface area contributed by atoms with E-state index in [4.69, 9.17) is 26.8 Å². The first-order valence-corrected chi connectivity index (χ1v) is 9.23. The summed E-state index contributed by atoms with van der Waals surface area (Å²) in [5.41, 5.74) is 6.12. The summed E-state index contributed by atoms with van der Waals surface area (Å²) >= 11 is 5.89. The van der Waals surface area contributed by atoms with Gasteiger partial charge in [0.25, 0.3) is 5.91 Å². The maximum absolute atomic E-state index is 12.2. The number of carbonyl (C=O) groups is 2. The standard InChI is InChI=1S/C22H19ClN2O4/c23-17-2-1-3-20(14-17)28-13-12-25-22(27)16-6-10-19(11-7-16)29-18-8-4-15(5-9-18)21(24)26/h1-11,14H,12-13H2,(H2,24,26)(H,25,27). The molecule has 0 aromatic heterocycles. The van der Waals surface area contributed by atoms with Gasteiger partial charge in [0.05, 0.1) is 6.54 Å². The van der Waals surface area contributed by atoms with Gasteiger partial charge < -0.3 is 20.5 Å². The molecule has 3 rings (SSSR count). The summed E-state index contributed by atoms with van der Waals surface area (Å²) in [6.45, 7) is 0.685. The normalized spacial score (nSPS) is 10.2. The Hall–Kier alpha value is -3.51. The molecule has 0 saturated heterocycles. The first-order valence-electron chi connectivity index (χ1n) is 8.85. The summed E-state index contributed by atoms with van der Waals surface area (Å²) in [4.78, 5) is 23.3. The van der Waals surface area contributed by atoms with Crippen molar-refractivity contribution in [1.29, 1.82) is 0 Å². The van der Waals surface area contributed by atoms with Crippen LogP contribution >= 0.6 is 11.6 Å². The molecule has 0 atom stereocenters. The van der Waals surface area contributed by atoms with Gasteiger partial charge in [-0.2, -0.15) is 0 Å². The van der Waals surface area contributed by atoms with Gasteiger partial charge in [-0.05, 0) is 66.7 Å². The van der Waals surface area contributed by atoms with Crippen LogP contribution in [0.1, 0.15) is 20.7 Å². The first kappa shape index (κ1) is 20.2. The number of rotatable bonds is 8. The molecule has 148 valence electrons. The fraction of sp³-hybridized carbons (Fsp3) is 0.0909. The zero-order valence-electron chi connectivity index (χ0n) is 15.4. The second-order valence-corrected chi connectivity index (χ2v) is 6.51. The highest BCUT2D eigenvalue weighted by Crippen LogP contribution is 2.22. The molecule has 0 heterocycles. The van der Waals surface area contributed by atoms with E-state index in [0.29, 0.717) is 46.5 Å². The van der Waals surface area contributed by atoms with Crippen LogP contribution in [-0.2, 0) is 0 Å². The average molecular weight is 411 g/mol. The molecule has 0 aliphatic rings. The lowest BCUT2D eigenvalue weighted by atomic mass is 10.2. The number of hydrogen-bond donors (Lipinski definition) is 2. The first-order chi connectivity index (χ1) is 14.0. The minimum absolute atomic E-state index is 0.211. The van der Waals surface area contributed by atoms with Crippen LogP contribution in [0, 0.1) is 0 Å². The van der Waals surface area contributed by atoms with Crippen LogP contribution in [0.4, 0.5) is 0 Å². The van der Waals surface area contributed by atoms with Crippen molar-refractivity contribution in [3.63, 3.8) is 0 Å². The van der Waals surface area contributed by atoms with Crippen molar-refractivity contribution in [1.82, 2.24) is 5.32 Å². The van der Waals surface area contributed by atoms with E-state index in [1.54, 1.807) is 72.8 Å². The van der Waals surface area contributed by atoms with E-state index in [1.807, 2.05) is 0 Å². The topological polar surface area (TPSA) is 90.7 Å². The molecule has 29 heavy (non-hydrogen) atoms. The predicted molar refractivity (Wildman–Crippen MR) is 111 cm³/mol. The zero-order chi connectivity index (χ0) is 20.6. The van der Waals surface area contributed by atoms with Gasteiger partial charge in [-0.15, -0.1) is 0 Å². The highest BCUT2D eigenvalue weighted by molar-refractivity contribution is 6.30. The largest absolute Gasteiger partial charge is 0.492 e. The van der Waals surface area contributed by atoms with Crippen molar-refractivity contribution in [2.45, 2.75) is 0 Å². The van der Waals surface area contributed by atoms with E-state index < -0.39 is 5.91 Å². The highest BCUT2D eigenvalue weighted by atomic mass is 35.5. The molecule has 0 spiro atoms. The molecule has 7 heteroatoms. The quantitative estimate of drug-likeness (QED) is 0.548. The molecule has 6 nitrogen and oxygen atoms in total. The maximum Gasteiger partial charge on any atom is 0.251 e. The average Bonchev–Trinajstić information content (AvgIpc) is 2.72. The second kappa shape index (κ2) is 9.61. The lowest BCUT2D eigenvalue weighted by molar-refractivity contribution is 0.0946. The van der Waals surface area contributed by atoms with Gasteiger partial charge in [-0.3, -0.25) is 9.59 Å². The smallest absolute Gasteiger partial charge is 0.251 e. The Morgan fingerprint density at radius 3 is 2.07 bits per heavy atom. The van der Waals surface area contributed by atoms with Crippen molar-refractivity contribution < 1.29 is 19.1 Å². The van der Waals surface area contributed by atoms with Crippen molar-refractivity contribution in [3.05, 3.63) is 88.9 Å². The van der Waals surface area contributed by atoms with Gasteiger partial charge in [0.15, 0.2) is 0 Å². The Morgan fingerprint density at radius 2 is 1.48 bits per heavy atom. The van der Waals surface area contributed by atoms with E-state index >= 15 is 0 Å². The number of ether oxygens (including phenoxy) is 2. The molecule has 0 aliphatic carbocycles. The number of nitrogens with two attached hydrogens (primary N) is 1. The number of halogens is 1. The summed E-state index contributed by atoms with van der Waals surface area (Å²) in [6, 6.07) is 20.3. The number of carbonyl (C=O) groups excluding carboxylic acids is 2. The van der Waals surface area contributed by atoms with E-state index in [0.717, 1.165) is 0 Å². The second-order valence-electron chi connectivity index (χ2n) is 6.08. The fourth-order valence-corrected chi connectivity index (χ4v) is 2.67. The Kier molecular flexibility index (Phi) is 6.71. The third-order valence-corrected chi connectivity index (χ3v) is 4.18. The van der Waals surface area contributed by atoms with Crippen molar-refractivity contribution in [2.75, 3.05) is 13.2 Å². The third kappa shape index (κ3) is 5.99. The summed E-state index contributed by atoms with van der Waals surface area (Å²) in [5.74, 6) is 1.07. The number of hydrogen-bond acceptors (Lipinski definition) is 4. The Balaban J connectivity index is 1.47. The molecule has 3 aromatic rings. The van der Waals surface area contributed by atoms with Crippen LogP contribution in [0.2, 0.25) is 5.02 Å². The Morgan fingerprint density at radius 1 is 0.862 bits per heavy atom. The van der Waals surface area contributed by atoms with Gasteiger partial charge in [-0.25, -0.2) is 0 Å². The van der Waals surface area contributed by atoms with E-state index in [-0.39, 0.29) is 5.91 Å². The zero-order valence-corrected chi connectivity index (χ0v) is 16.2. The maximum atomic E-state index is 12.2. The van der Waals surface area contributed by atoms with Gasteiger partial charge in [0.1, 0.15) is 23.9 Å². The molecule has 3 N–H and O–H groups in total. The molecule has 3 aromatic carbocycles. The number of primary amides is 1. The highest BCUT2D eigenvalue weighted by Gasteiger charge is 2.06. The molecule has 2 amide bonds. The molecule has 0 unspecified atom stereocenters. The molecule has 0 fully saturated rings. The summed E-state index contributed by atoms with van der Waals surface area (Å²) in [6.07, 6.45) is 0. The number of amides is 2. The van der Waals surface area contributed by atoms with Crippen molar-refractivity contribution in [2.24, 2.45) is 5.73 Å². The molecule has 0 radical (unpaired) electrons. The van der Waals surface area contributed by atoms with Gasteiger partial charge >= 0.3 is 0 Å². The molecular weight excluding hydrogens is 392 g/mol. The number of benzene rings is 3. The van der Waals surface area contributed by atoms with Gasteiger partial charge in [0, 0.05) is 16.1 Å². The SMILES string of the molecule is NC(=O)c1ccc(Oc2ccc(C(=O)NCCOc3cccc(Cl)c3)cc2)cc1. The van der Waals surface area contributed by atoms with Crippen LogP contribution in [0.15, 0.2) is 72.8 Å². The van der Waals surface area contributed by atoms with Crippen LogP contribution in [0.3, 0.4) is 0 Å². The lowest BCUT2D eigenvalue weighted by Gasteiger charge is -2.09. The van der Waals surface area contributed by atoms with E-state index in [1.165, 1.54) is 0 Å².